The molecule has 1 amide bonds. The Kier molecular flexibility index (Phi) is 6.94. The maximum absolute atomic E-state index is 12.9. The first-order valence-electron chi connectivity index (χ1n) is 9.31. The number of para-hydroxylation sites is 2. The van der Waals surface area contributed by atoms with Crippen LogP contribution in [0.25, 0.3) is 6.08 Å². The number of nitrogens with one attached hydrogen (secondary N) is 2. The summed E-state index contributed by atoms with van der Waals surface area (Å²) >= 11 is 0. The molecule has 0 aliphatic heterocycles. The van der Waals surface area contributed by atoms with Crippen LogP contribution < -0.4 is 19.5 Å². The molecule has 8 heteroatoms. The third-order valence-corrected chi connectivity index (χ3v) is 5.68. The Labute approximate surface area is 181 Å². The van der Waals surface area contributed by atoms with Gasteiger partial charge in [0, 0.05) is 6.08 Å². The monoisotopic (exact) mass is 438 g/mol. The van der Waals surface area contributed by atoms with Gasteiger partial charge in [0.25, 0.3) is 10.0 Å². The molecule has 0 heterocycles. The van der Waals surface area contributed by atoms with Crippen LogP contribution in [0.1, 0.15) is 5.56 Å². The van der Waals surface area contributed by atoms with Crippen molar-refractivity contribution in [3.63, 3.8) is 0 Å². The predicted molar refractivity (Wildman–Crippen MR) is 121 cm³/mol. The van der Waals surface area contributed by atoms with E-state index in [0.29, 0.717) is 17.2 Å². The fourth-order valence-electron chi connectivity index (χ4n) is 2.80. The predicted octanol–water partition coefficient (Wildman–Crippen LogP) is 4.16. The molecular weight excluding hydrogens is 416 g/mol. The molecule has 0 unspecified atom stereocenters. The molecule has 0 spiro atoms. The molecule has 0 fully saturated rings. The van der Waals surface area contributed by atoms with Gasteiger partial charge in [0.05, 0.1) is 30.5 Å². The minimum absolute atomic E-state index is 0.0402. The molecule has 3 aromatic carbocycles. The van der Waals surface area contributed by atoms with Crippen molar-refractivity contribution in [2.75, 3.05) is 24.3 Å². The van der Waals surface area contributed by atoms with Crippen LogP contribution in [0.4, 0.5) is 11.4 Å². The molecule has 7 nitrogen and oxygen atoms in total. The molecule has 0 atom stereocenters. The maximum Gasteiger partial charge on any atom is 0.262 e. The first-order valence-corrected chi connectivity index (χ1v) is 10.8. The van der Waals surface area contributed by atoms with Crippen LogP contribution in [0.5, 0.6) is 11.5 Å². The topological polar surface area (TPSA) is 93.7 Å². The van der Waals surface area contributed by atoms with E-state index in [1.165, 1.54) is 38.5 Å². The average molecular weight is 439 g/mol. The number of ether oxygens (including phenoxy) is 2. The van der Waals surface area contributed by atoms with Crippen LogP contribution in [0, 0.1) is 0 Å². The Hall–Kier alpha value is -3.78. The second-order valence-electron chi connectivity index (χ2n) is 6.40. The van der Waals surface area contributed by atoms with Crippen molar-refractivity contribution in [3.8, 4) is 11.5 Å². The van der Waals surface area contributed by atoms with Crippen LogP contribution in [0.15, 0.2) is 83.8 Å². The molecule has 2 N–H and O–H groups in total. The van der Waals surface area contributed by atoms with E-state index in [-0.39, 0.29) is 10.6 Å². The number of anilines is 2. The Morgan fingerprint density at radius 1 is 0.839 bits per heavy atom. The number of hydrogen-bond acceptors (Lipinski definition) is 5. The van der Waals surface area contributed by atoms with E-state index in [0.717, 1.165) is 5.56 Å². The van der Waals surface area contributed by atoms with Gasteiger partial charge in [-0.3, -0.25) is 9.52 Å². The van der Waals surface area contributed by atoms with E-state index in [9.17, 15) is 13.2 Å². The van der Waals surface area contributed by atoms with Gasteiger partial charge >= 0.3 is 0 Å². The smallest absolute Gasteiger partial charge is 0.262 e. The second kappa shape index (κ2) is 9.82. The minimum atomic E-state index is -3.94. The fraction of sp³-hybridized carbons (Fsp3) is 0.0870. The van der Waals surface area contributed by atoms with Crippen LogP contribution in [0.3, 0.4) is 0 Å². The molecule has 0 bridgehead atoms. The molecule has 0 radical (unpaired) electrons. The molecule has 0 aliphatic rings. The van der Waals surface area contributed by atoms with Gasteiger partial charge in [0.1, 0.15) is 11.5 Å². The highest BCUT2D eigenvalue weighted by atomic mass is 32.2. The summed E-state index contributed by atoms with van der Waals surface area (Å²) < 4.78 is 38.7. The average Bonchev–Trinajstić information content (AvgIpc) is 2.78. The summed E-state index contributed by atoms with van der Waals surface area (Å²) in [4.78, 5) is 12.3. The second-order valence-corrected chi connectivity index (χ2v) is 8.08. The molecule has 3 rings (SSSR count). The van der Waals surface area contributed by atoms with Gasteiger partial charge < -0.3 is 14.8 Å². The highest BCUT2D eigenvalue weighted by Gasteiger charge is 2.19. The third kappa shape index (κ3) is 5.64. The van der Waals surface area contributed by atoms with E-state index in [1.54, 1.807) is 30.3 Å². The first kappa shape index (κ1) is 21.9. The van der Waals surface area contributed by atoms with Gasteiger partial charge in [0.15, 0.2) is 0 Å². The number of benzene rings is 3. The first-order chi connectivity index (χ1) is 14.9. The number of hydrogen-bond donors (Lipinski definition) is 2. The summed E-state index contributed by atoms with van der Waals surface area (Å²) in [7, 11) is -1.05. The lowest BCUT2D eigenvalue weighted by Gasteiger charge is -2.14. The summed E-state index contributed by atoms with van der Waals surface area (Å²) in [6.45, 7) is 0. The lowest BCUT2D eigenvalue weighted by molar-refractivity contribution is -0.111. The molecule has 0 aromatic heterocycles. The Morgan fingerprint density at radius 2 is 1.48 bits per heavy atom. The largest absolute Gasteiger partial charge is 0.495 e. The lowest BCUT2D eigenvalue weighted by Crippen LogP contribution is -2.15. The standard InChI is InChI=1S/C23H22N2O5S/c1-29-21-11-7-6-10-19(21)25-31(27,28)18-13-14-22(30-2)20(16-18)24-23(26)15-12-17-8-4-3-5-9-17/h3-16,25H,1-2H3,(H,24,26)/b15-12+. The van der Waals surface area contributed by atoms with Crippen molar-refractivity contribution in [2.24, 2.45) is 0 Å². The molecule has 0 aliphatic carbocycles. The lowest BCUT2D eigenvalue weighted by atomic mass is 10.2. The van der Waals surface area contributed by atoms with Crippen molar-refractivity contribution < 1.29 is 22.7 Å². The summed E-state index contributed by atoms with van der Waals surface area (Å²) in [6, 6.07) is 20.2. The van der Waals surface area contributed by atoms with Gasteiger partial charge in [0.2, 0.25) is 5.91 Å². The van der Waals surface area contributed by atoms with E-state index in [1.807, 2.05) is 30.3 Å². The SMILES string of the molecule is COc1ccc(S(=O)(=O)Nc2ccccc2OC)cc1NC(=O)/C=C/c1ccccc1. The molecule has 0 saturated heterocycles. The zero-order valence-electron chi connectivity index (χ0n) is 17.0. The summed E-state index contributed by atoms with van der Waals surface area (Å²) in [5.41, 5.74) is 1.40. The van der Waals surface area contributed by atoms with Crippen LogP contribution in [-0.4, -0.2) is 28.5 Å². The number of carbonyl (C=O) groups excluding carboxylic acids is 1. The Bertz CT molecular complexity index is 1190. The van der Waals surface area contributed by atoms with E-state index in [2.05, 4.69) is 10.0 Å². The maximum atomic E-state index is 12.9. The molecule has 160 valence electrons. The number of carbonyl (C=O) groups is 1. The van der Waals surface area contributed by atoms with E-state index >= 15 is 0 Å². The van der Waals surface area contributed by atoms with E-state index in [4.69, 9.17) is 9.47 Å². The van der Waals surface area contributed by atoms with Crippen molar-refractivity contribution in [3.05, 3.63) is 84.4 Å². The van der Waals surface area contributed by atoms with Crippen molar-refractivity contribution in [2.45, 2.75) is 4.90 Å². The number of amides is 1. The highest BCUT2D eigenvalue weighted by Crippen LogP contribution is 2.30. The van der Waals surface area contributed by atoms with Gasteiger partial charge in [-0.15, -0.1) is 0 Å². The number of rotatable bonds is 8. The summed E-state index contributed by atoms with van der Waals surface area (Å²) in [6.07, 6.45) is 3.02. The zero-order chi connectivity index (χ0) is 22.3. The number of methoxy groups -OCH3 is 2. The molecule has 31 heavy (non-hydrogen) atoms. The van der Waals surface area contributed by atoms with Gasteiger partial charge in [-0.1, -0.05) is 42.5 Å². The quantitative estimate of drug-likeness (QED) is 0.515. The zero-order valence-corrected chi connectivity index (χ0v) is 17.8. The van der Waals surface area contributed by atoms with Crippen LogP contribution >= 0.6 is 0 Å². The van der Waals surface area contributed by atoms with Crippen LogP contribution in [-0.2, 0) is 14.8 Å². The fourth-order valence-corrected chi connectivity index (χ4v) is 3.89. The van der Waals surface area contributed by atoms with Crippen molar-refractivity contribution in [1.29, 1.82) is 0 Å². The molecular formula is C23H22N2O5S. The van der Waals surface area contributed by atoms with Crippen molar-refractivity contribution in [1.82, 2.24) is 0 Å². The Morgan fingerprint density at radius 3 is 2.19 bits per heavy atom. The van der Waals surface area contributed by atoms with Gasteiger partial charge in [-0.2, -0.15) is 0 Å². The highest BCUT2D eigenvalue weighted by molar-refractivity contribution is 7.92. The van der Waals surface area contributed by atoms with Gasteiger partial charge in [-0.05, 0) is 42.0 Å². The van der Waals surface area contributed by atoms with E-state index < -0.39 is 15.9 Å². The molecule has 0 saturated carbocycles. The van der Waals surface area contributed by atoms with Gasteiger partial charge in [-0.25, -0.2) is 8.42 Å². The number of sulfonamides is 1. The minimum Gasteiger partial charge on any atom is -0.495 e. The summed E-state index contributed by atoms with van der Waals surface area (Å²) in [5, 5.41) is 2.66. The Balaban J connectivity index is 1.84. The third-order valence-electron chi connectivity index (χ3n) is 4.32. The normalized spacial score (nSPS) is 11.2. The van der Waals surface area contributed by atoms with Crippen molar-refractivity contribution >= 4 is 33.4 Å². The molecule has 3 aromatic rings. The van der Waals surface area contributed by atoms with Crippen LogP contribution in [0.2, 0.25) is 0 Å². The summed E-state index contributed by atoms with van der Waals surface area (Å²) in [5.74, 6) is 0.297.